The molecule has 0 bridgehead atoms. The molecule has 5 nitrogen and oxygen atoms in total. The molecule has 0 saturated carbocycles. The van der Waals surface area contributed by atoms with Crippen molar-refractivity contribution in [1.29, 1.82) is 0 Å². The van der Waals surface area contributed by atoms with Gasteiger partial charge in [0.15, 0.2) is 5.96 Å². The molecule has 0 saturated heterocycles. The van der Waals surface area contributed by atoms with E-state index >= 15 is 0 Å². The molecule has 0 radical (unpaired) electrons. The Morgan fingerprint density at radius 1 is 1.40 bits per heavy atom. The third-order valence-electron chi connectivity index (χ3n) is 2.51. The van der Waals surface area contributed by atoms with Crippen molar-refractivity contribution >= 4 is 41.3 Å². The number of thiophene rings is 1. The van der Waals surface area contributed by atoms with Gasteiger partial charge in [-0.1, -0.05) is 6.07 Å². The number of nitrogens with zero attached hydrogens (tertiary/aromatic N) is 3. The summed E-state index contributed by atoms with van der Waals surface area (Å²) in [5.74, 6) is 0.850. The molecule has 0 amide bonds. The molecule has 20 heavy (non-hydrogen) atoms. The number of halogens is 1. The molecule has 0 fully saturated rings. The highest BCUT2D eigenvalue weighted by molar-refractivity contribution is 14.0. The third-order valence-corrected chi connectivity index (χ3v) is 3.37. The van der Waals surface area contributed by atoms with Gasteiger partial charge in [-0.2, -0.15) is 5.10 Å². The summed E-state index contributed by atoms with van der Waals surface area (Å²) in [4.78, 5) is 5.82. The van der Waals surface area contributed by atoms with Gasteiger partial charge in [-0.3, -0.25) is 4.68 Å². The fourth-order valence-electron chi connectivity index (χ4n) is 1.62. The Kier molecular flexibility index (Phi) is 8.28. The number of aliphatic imine (C=N–C) groups is 1. The molecule has 2 heterocycles. The number of guanidine groups is 1. The van der Waals surface area contributed by atoms with Crippen LogP contribution in [-0.2, 0) is 13.1 Å². The second kappa shape index (κ2) is 9.76. The summed E-state index contributed by atoms with van der Waals surface area (Å²) in [6.45, 7) is 5.27. The van der Waals surface area contributed by atoms with Crippen molar-refractivity contribution in [3.63, 3.8) is 0 Å². The standard InChI is InChI=1S/C13H19N5S.HI/c1-2-14-13(16-11-12-5-3-10-19-12)15-7-9-18-8-4-6-17-18;/h3-6,8,10H,2,7,9,11H2,1H3,(H2,14,15,16);1H. The minimum Gasteiger partial charge on any atom is -0.357 e. The summed E-state index contributed by atoms with van der Waals surface area (Å²) in [5, 5.41) is 12.8. The Bertz CT molecular complexity index is 481. The van der Waals surface area contributed by atoms with Gasteiger partial charge in [-0.25, -0.2) is 4.99 Å². The summed E-state index contributed by atoms with van der Waals surface area (Å²) in [7, 11) is 0. The predicted molar refractivity (Wildman–Crippen MR) is 94.8 cm³/mol. The quantitative estimate of drug-likeness (QED) is 0.441. The van der Waals surface area contributed by atoms with Crippen LogP contribution in [0.5, 0.6) is 0 Å². The van der Waals surface area contributed by atoms with E-state index in [1.54, 1.807) is 17.5 Å². The number of hydrogen-bond donors (Lipinski definition) is 2. The van der Waals surface area contributed by atoms with E-state index < -0.39 is 0 Å². The topological polar surface area (TPSA) is 54.2 Å². The fourth-order valence-corrected chi connectivity index (χ4v) is 2.25. The van der Waals surface area contributed by atoms with Crippen molar-refractivity contribution in [2.24, 2.45) is 4.99 Å². The monoisotopic (exact) mass is 405 g/mol. The molecule has 7 heteroatoms. The normalized spacial score (nSPS) is 10.9. The molecule has 0 atom stereocenters. The highest BCUT2D eigenvalue weighted by atomic mass is 127. The van der Waals surface area contributed by atoms with Crippen molar-refractivity contribution in [2.75, 3.05) is 13.1 Å². The molecular weight excluding hydrogens is 385 g/mol. The van der Waals surface area contributed by atoms with E-state index in [9.17, 15) is 0 Å². The average Bonchev–Trinajstić information content (AvgIpc) is 3.09. The number of hydrogen-bond acceptors (Lipinski definition) is 3. The van der Waals surface area contributed by atoms with Crippen LogP contribution in [0.25, 0.3) is 0 Å². The van der Waals surface area contributed by atoms with Crippen LogP contribution >= 0.6 is 35.3 Å². The summed E-state index contributed by atoms with van der Waals surface area (Å²) in [6.07, 6.45) is 3.74. The highest BCUT2D eigenvalue weighted by Gasteiger charge is 1.98. The predicted octanol–water partition coefficient (Wildman–Crippen LogP) is 2.32. The molecule has 2 aromatic rings. The zero-order valence-corrected chi connectivity index (χ0v) is 14.6. The van der Waals surface area contributed by atoms with Crippen molar-refractivity contribution in [1.82, 2.24) is 20.4 Å². The molecule has 0 aliphatic rings. The summed E-state index contributed by atoms with van der Waals surface area (Å²) >= 11 is 1.73. The largest absolute Gasteiger partial charge is 0.357 e. The average molecular weight is 405 g/mol. The Hall–Kier alpha value is -1.09. The van der Waals surface area contributed by atoms with Crippen LogP contribution < -0.4 is 10.6 Å². The van der Waals surface area contributed by atoms with Gasteiger partial charge in [0, 0.05) is 30.4 Å². The van der Waals surface area contributed by atoms with E-state index in [1.807, 2.05) is 23.0 Å². The zero-order valence-electron chi connectivity index (χ0n) is 11.5. The SMILES string of the molecule is CCNC(=NCc1cccs1)NCCn1cccn1.I. The van der Waals surface area contributed by atoms with Crippen LogP contribution in [0.3, 0.4) is 0 Å². The second-order valence-corrected chi connectivity index (χ2v) is 5.00. The molecule has 110 valence electrons. The molecule has 2 aromatic heterocycles. The van der Waals surface area contributed by atoms with Crippen molar-refractivity contribution in [3.05, 3.63) is 40.8 Å². The van der Waals surface area contributed by atoms with E-state index in [-0.39, 0.29) is 24.0 Å². The van der Waals surface area contributed by atoms with E-state index in [0.717, 1.165) is 32.1 Å². The lowest BCUT2D eigenvalue weighted by Crippen LogP contribution is -2.38. The lowest BCUT2D eigenvalue weighted by molar-refractivity contribution is 0.598. The molecule has 0 aliphatic heterocycles. The van der Waals surface area contributed by atoms with E-state index in [2.05, 4.69) is 39.1 Å². The van der Waals surface area contributed by atoms with Gasteiger partial charge in [0.25, 0.3) is 0 Å². The van der Waals surface area contributed by atoms with Gasteiger partial charge in [0.1, 0.15) is 0 Å². The van der Waals surface area contributed by atoms with Crippen LogP contribution in [0.1, 0.15) is 11.8 Å². The fraction of sp³-hybridized carbons (Fsp3) is 0.385. The van der Waals surface area contributed by atoms with Crippen molar-refractivity contribution in [2.45, 2.75) is 20.0 Å². The summed E-state index contributed by atoms with van der Waals surface area (Å²) in [6, 6.07) is 6.07. The van der Waals surface area contributed by atoms with Gasteiger partial charge in [0.2, 0.25) is 0 Å². The van der Waals surface area contributed by atoms with Crippen LogP contribution in [0, 0.1) is 0 Å². The zero-order chi connectivity index (χ0) is 13.3. The maximum Gasteiger partial charge on any atom is 0.191 e. The van der Waals surface area contributed by atoms with E-state index in [4.69, 9.17) is 0 Å². The van der Waals surface area contributed by atoms with Crippen LogP contribution in [0.15, 0.2) is 41.0 Å². The summed E-state index contributed by atoms with van der Waals surface area (Å²) in [5.41, 5.74) is 0. The summed E-state index contributed by atoms with van der Waals surface area (Å²) < 4.78 is 1.90. The van der Waals surface area contributed by atoms with Gasteiger partial charge in [-0.05, 0) is 24.4 Å². The number of nitrogens with one attached hydrogen (secondary N) is 2. The molecule has 0 unspecified atom stereocenters. The molecule has 0 spiro atoms. The molecule has 2 rings (SSSR count). The molecule has 0 aromatic carbocycles. The first kappa shape index (κ1) is 17.0. The minimum absolute atomic E-state index is 0. The van der Waals surface area contributed by atoms with Crippen LogP contribution in [-0.4, -0.2) is 28.8 Å². The number of aromatic nitrogens is 2. The highest BCUT2D eigenvalue weighted by Crippen LogP contribution is 2.09. The van der Waals surface area contributed by atoms with E-state index in [1.165, 1.54) is 4.88 Å². The maximum atomic E-state index is 4.55. The second-order valence-electron chi connectivity index (χ2n) is 3.97. The third kappa shape index (κ3) is 5.91. The van der Waals surface area contributed by atoms with Gasteiger partial charge in [0.05, 0.1) is 13.1 Å². The van der Waals surface area contributed by atoms with Gasteiger partial charge >= 0.3 is 0 Å². The van der Waals surface area contributed by atoms with Gasteiger partial charge < -0.3 is 10.6 Å². The first-order chi connectivity index (χ1) is 9.38. The Morgan fingerprint density at radius 3 is 2.95 bits per heavy atom. The van der Waals surface area contributed by atoms with Crippen LogP contribution in [0.4, 0.5) is 0 Å². The van der Waals surface area contributed by atoms with Crippen molar-refractivity contribution < 1.29 is 0 Å². The Balaban J connectivity index is 0.00000200. The lowest BCUT2D eigenvalue weighted by atomic mass is 10.5. The minimum atomic E-state index is 0. The smallest absolute Gasteiger partial charge is 0.191 e. The van der Waals surface area contributed by atoms with Crippen LogP contribution in [0.2, 0.25) is 0 Å². The number of rotatable bonds is 6. The Morgan fingerprint density at radius 2 is 2.30 bits per heavy atom. The lowest BCUT2D eigenvalue weighted by Gasteiger charge is -2.11. The first-order valence-corrected chi connectivity index (χ1v) is 7.28. The maximum absolute atomic E-state index is 4.55. The van der Waals surface area contributed by atoms with Crippen molar-refractivity contribution in [3.8, 4) is 0 Å². The Labute approximate surface area is 140 Å². The molecular formula is C13H20IN5S. The first-order valence-electron chi connectivity index (χ1n) is 6.40. The molecule has 2 N–H and O–H groups in total. The molecule has 0 aliphatic carbocycles. The van der Waals surface area contributed by atoms with Gasteiger partial charge in [-0.15, -0.1) is 35.3 Å². The van der Waals surface area contributed by atoms with E-state index in [0.29, 0.717) is 0 Å².